The molecule has 56 valence electrons. The van der Waals surface area contributed by atoms with Gasteiger partial charge in [-0.05, 0) is 24.3 Å². The highest BCUT2D eigenvalue weighted by Crippen LogP contribution is 2.10. The van der Waals surface area contributed by atoms with Crippen molar-refractivity contribution < 1.29 is 0 Å². The van der Waals surface area contributed by atoms with E-state index in [1.54, 1.807) is 0 Å². The summed E-state index contributed by atoms with van der Waals surface area (Å²) in [7, 11) is 0. The average molecular weight is 137 g/mol. The van der Waals surface area contributed by atoms with Crippen molar-refractivity contribution in [2.75, 3.05) is 6.54 Å². The van der Waals surface area contributed by atoms with Crippen LogP contribution in [0.4, 0.5) is 0 Å². The van der Waals surface area contributed by atoms with Gasteiger partial charge in [0.05, 0.1) is 0 Å². The van der Waals surface area contributed by atoms with Crippen molar-refractivity contribution in [1.82, 2.24) is 0 Å². The lowest BCUT2D eigenvalue weighted by molar-refractivity contribution is 0.783. The number of aliphatic imine (C=N–C) groups is 1. The summed E-state index contributed by atoms with van der Waals surface area (Å²) in [5.41, 5.74) is 1.42. The Kier molecular flexibility index (Phi) is 2.67. The lowest BCUT2D eigenvalue weighted by atomic mass is 10.0. The molecule has 0 amide bonds. The van der Waals surface area contributed by atoms with Crippen molar-refractivity contribution in [3.63, 3.8) is 0 Å². The van der Waals surface area contributed by atoms with Crippen LogP contribution in [0.1, 0.15) is 26.7 Å². The maximum Gasteiger partial charge on any atom is 0.0392 e. The fourth-order valence-corrected chi connectivity index (χ4v) is 1.18. The van der Waals surface area contributed by atoms with Crippen LogP contribution < -0.4 is 0 Å². The highest BCUT2D eigenvalue weighted by molar-refractivity contribution is 5.79. The fourth-order valence-electron chi connectivity index (χ4n) is 1.18. The number of allylic oxidation sites excluding steroid dienone is 2. The SMILES string of the molecule is CC(C)C=C1C=NCCC1. The minimum atomic E-state index is 0.666. The first kappa shape index (κ1) is 7.52. The van der Waals surface area contributed by atoms with Gasteiger partial charge >= 0.3 is 0 Å². The smallest absolute Gasteiger partial charge is 0.0392 e. The van der Waals surface area contributed by atoms with Crippen LogP contribution in [0.3, 0.4) is 0 Å². The minimum Gasteiger partial charge on any atom is -0.293 e. The lowest BCUT2D eigenvalue weighted by Gasteiger charge is -2.07. The van der Waals surface area contributed by atoms with Gasteiger partial charge < -0.3 is 0 Å². The second kappa shape index (κ2) is 3.55. The zero-order valence-electron chi connectivity index (χ0n) is 6.80. The molecule has 0 radical (unpaired) electrons. The average Bonchev–Trinajstić information content (AvgIpc) is 1.88. The molecule has 0 saturated heterocycles. The summed E-state index contributed by atoms with van der Waals surface area (Å²) in [5.74, 6) is 0.666. The van der Waals surface area contributed by atoms with Gasteiger partial charge in [-0.3, -0.25) is 4.99 Å². The molecule has 1 heteroatoms. The van der Waals surface area contributed by atoms with Crippen LogP contribution in [0.2, 0.25) is 0 Å². The van der Waals surface area contributed by atoms with Gasteiger partial charge in [0, 0.05) is 12.8 Å². The van der Waals surface area contributed by atoms with Gasteiger partial charge in [-0.15, -0.1) is 0 Å². The molecule has 0 spiro atoms. The van der Waals surface area contributed by atoms with Crippen LogP contribution in [0.25, 0.3) is 0 Å². The molecule has 1 nitrogen and oxygen atoms in total. The lowest BCUT2D eigenvalue weighted by Crippen LogP contribution is -1.97. The molecule has 1 rings (SSSR count). The molecule has 0 saturated carbocycles. The Balaban J connectivity index is 2.53. The van der Waals surface area contributed by atoms with Gasteiger partial charge in [0.25, 0.3) is 0 Å². The Bertz CT molecular complexity index is 154. The van der Waals surface area contributed by atoms with Crippen molar-refractivity contribution in [3.05, 3.63) is 11.6 Å². The second-order valence-corrected chi connectivity index (χ2v) is 3.12. The summed E-state index contributed by atoms with van der Waals surface area (Å²) >= 11 is 0. The van der Waals surface area contributed by atoms with Gasteiger partial charge in [0.1, 0.15) is 0 Å². The van der Waals surface area contributed by atoms with Crippen LogP contribution in [-0.4, -0.2) is 12.8 Å². The topological polar surface area (TPSA) is 12.4 Å². The third-order valence-electron chi connectivity index (χ3n) is 1.56. The number of hydrogen-bond donors (Lipinski definition) is 0. The number of rotatable bonds is 1. The molecule has 0 unspecified atom stereocenters. The maximum absolute atomic E-state index is 4.22. The zero-order chi connectivity index (χ0) is 7.40. The molecule has 0 aliphatic carbocycles. The largest absolute Gasteiger partial charge is 0.293 e. The maximum atomic E-state index is 4.22. The molecule has 1 aliphatic heterocycles. The third-order valence-corrected chi connectivity index (χ3v) is 1.56. The van der Waals surface area contributed by atoms with E-state index in [2.05, 4.69) is 24.9 Å². The van der Waals surface area contributed by atoms with Gasteiger partial charge in [0.2, 0.25) is 0 Å². The Morgan fingerprint density at radius 2 is 2.40 bits per heavy atom. The van der Waals surface area contributed by atoms with Gasteiger partial charge in [-0.2, -0.15) is 0 Å². The Morgan fingerprint density at radius 1 is 1.60 bits per heavy atom. The summed E-state index contributed by atoms with van der Waals surface area (Å²) in [6, 6.07) is 0. The fraction of sp³-hybridized carbons (Fsp3) is 0.667. The minimum absolute atomic E-state index is 0.666. The number of nitrogens with zero attached hydrogens (tertiary/aromatic N) is 1. The van der Waals surface area contributed by atoms with Crippen molar-refractivity contribution in [2.24, 2.45) is 10.9 Å². The Morgan fingerprint density at radius 3 is 2.90 bits per heavy atom. The van der Waals surface area contributed by atoms with Crippen LogP contribution in [-0.2, 0) is 0 Å². The van der Waals surface area contributed by atoms with E-state index in [1.165, 1.54) is 18.4 Å². The van der Waals surface area contributed by atoms with Crippen molar-refractivity contribution in [2.45, 2.75) is 26.7 Å². The van der Waals surface area contributed by atoms with E-state index in [1.807, 2.05) is 6.21 Å². The third kappa shape index (κ3) is 2.34. The van der Waals surface area contributed by atoms with Crippen molar-refractivity contribution in [3.8, 4) is 0 Å². The molecule has 0 atom stereocenters. The molecule has 0 aromatic rings. The quantitative estimate of drug-likeness (QED) is 0.526. The van der Waals surface area contributed by atoms with Gasteiger partial charge in [0.15, 0.2) is 0 Å². The van der Waals surface area contributed by atoms with E-state index < -0.39 is 0 Å². The summed E-state index contributed by atoms with van der Waals surface area (Å²) in [5, 5.41) is 0. The highest BCUT2D eigenvalue weighted by atomic mass is 14.7. The Hall–Kier alpha value is -0.590. The summed E-state index contributed by atoms with van der Waals surface area (Å²) in [6.45, 7) is 5.43. The predicted octanol–water partition coefficient (Wildman–Crippen LogP) is 2.43. The standard InChI is InChI=1S/C9H15N/c1-8(2)6-9-4-3-5-10-7-9/h6-8H,3-5H2,1-2H3. The number of hydrogen-bond acceptors (Lipinski definition) is 1. The normalized spacial score (nSPS) is 22.5. The molecular formula is C9H15N. The molecule has 0 N–H and O–H groups in total. The van der Waals surface area contributed by atoms with E-state index in [4.69, 9.17) is 0 Å². The molecule has 0 aromatic carbocycles. The first-order valence-electron chi connectivity index (χ1n) is 3.99. The Labute approximate surface area is 62.9 Å². The van der Waals surface area contributed by atoms with Gasteiger partial charge in [-0.25, -0.2) is 0 Å². The van der Waals surface area contributed by atoms with E-state index >= 15 is 0 Å². The summed E-state index contributed by atoms with van der Waals surface area (Å²) < 4.78 is 0. The summed E-state index contributed by atoms with van der Waals surface area (Å²) in [4.78, 5) is 4.22. The van der Waals surface area contributed by atoms with Crippen LogP contribution in [0, 0.1) is 5.92 Å². The second-order valence-electron chi connectivity index (χ2n) is 3.12. The molecule has 0 fully saturated rings. The molecule has 0 bridgehead atoms. The highest BCUT2D eigenvalue weighted by Gasteiger charge is 1.99. The summed E-state index contributed by atoms with van der Waals surface area (Å²) in [6.07, 6.45) is 6.77. The molecular weight excluding hydrogens is 122 g/mol. The van der Waals surface area contributed by atoms with Crippen LogP contribution in [0.5, 0.6) is 0 Å². The van der Waals surface area contributed by atoms with E-state index in [9.17, 15) is 0 Å². The monoisotopic (exact) mass is 137 g/mol. The van der Waals surface area contributed by atoms with E-state index in [0.717, 1.165) is 6.54 Å². The molecule has 1 aliphatic rings. The first-order chi connectivity index (χ1) is 4.79. The molecule has 0 aromatic heterocycles. The predicted molar refractivity (Wildman–Crippen MR) is 45.5 cm³/mol. The first-order valence-corrected chi connectivity index (χ1v) is 3.99. The molecule has 10 heavy (non-hydrogen) atoms. The zero-order valence-corrected chi connectivity index (χ0v) is 6.80. The van der Waals surface area contributed by atoms with Crippen LogP contribution in [0.15, 0.2) is 16.6 Å². The molecule has 1 heterocycles. The van der Waals surface area contributed by atoms with Crippen molar-refractivity contribution >= 4 is 6.21 Å². The van der Waals surface area contributed by atoms with Crippen molar-refractivity contribution in [1.29, 1.82) is 0 Å². The van der Waals surface area contributed by atoms with Crippen LogP contribution >= 0.6 is 0 Å². The van der Waals surface area contributed by atoms with E-state index in [0.29, 0.717) is 5.92 Å². The van der Waals surface area contributed by atoms with Gasteiger partial charge in [-0.1, -0.05) is 19.9 Å². The van der Waals surface area contributed by atoms with E-state index in [-0.39, 0.29) is 0 Å².